The number of carbonyl (C=O) groups excluding carboxylic acids is 1. The van der Waals surface area contributed by atoms with Gasteiger partial charge < -0.3 is 10.1 Å². The number of aryl methyl sites for hydroxylation is 1. The van der Waals surface area contributed by atoms with Crippen molar-refractivity contribution in [1.82, 2.24) is 5.32 Å². The van der Waals surface area contributed by atoms with Crippen LogP contribution in [-0.2, 0) is 10.5 Å². The average Bonchev–Trinajstić information content (AvgIpc) is 2.56. The summed E-state index contributed by atoms with van der Waals surface area (Å²) in [7, 11) is 0. The van der Waals surface area contributed by atoms with Crippen molar-refractivity contribution < 1.29 is 9.53 Å². The zero-order valence-electron chi connectivity index (χ0n) is 13.9. The molecule has 0 aromatic heterocycles. The number of hydrogen-bond donors (Lipinski definition) is 1. The van der Waals surface area contributed by atoms with Crippen LogP contribution in [0.5, 0.6) is 5.75 Å². The SMILES string of the molecule is Cc1ccccc1CSCCNC(=O)[C@@H](C)Oc1cccc(Cl)c1. The molecule has 0 spiro atoms. The van der Waals surface area contributed by atoms with Gasteiger partial charge in [0.2, 0.25) is 0 Å². The van der Waals surface area contributed by atoms with Crippen molar-refractivity contribution in [1.29, 1.82) is 0 Å². The third-order valence-corrected chi connectivity index (χ3v) is 4.79. The first-order valence-corrected chi connectivity index (χ1v) is 9.41. The third kappa shape index (κ3) is 6.10. The fourth-order valence-electron chi connectivity index (χ4n) is 2.14. The zero-order valence-corrected chi connectivity index (χ0v) is 15.5. The molecule has 1 amide bonds. The summed E-state index contributed by atoms with van der Waals surface area (Å²) < 4.78 is 5.60. The molecule has 0 aliphatic carbocycles. The Morgan fingerprint density at radius 2 is 2.04 bits per heavy atom. The van der Waals surface area contributed by atoms with Crippen molar-refractivity contribution >= 4 is 29.3 Å². The molecule has 5 heteroatoms. The molecule has 0 saturated carbocycles. The highest BCUT2D eigenvalue weighted by atomic mass is 35.5. The number of thioether (sulfide) groups is 1. The second-order valence-corrected chi connectivity index (χ2v) is 7.03. The Bertz CT molecular complexity index is 678. The van der Waals surface area contributed by atoms with Crippen LogP contribution in [0.3, 0.4) is 0 Å². The molecule has 0 bridgehead atoms. The predicted molar refractivity (Wildman–Crippen MR) is 102 cm³/mol. The molecule has 2 aromatic carbocycles. The summed E-state index contributed by atoms with van der Waals surface area (Å²) in [5.74, 6) is 2.30. The van der Waals surface area contributed by atoms with Crippen LogP contribution < -0.4 is 10.1 Å². The minimum Gasteiger partial charge on any atom is -0.481 e. The van der Waals surface area contributed by atoms with Gasteiger partial charge in [-0.05, 0) is 43.2 Å². The van der Waals surface area contributed by atoms with Gasteiger partial charge in [0.25, 0.3) is 5.91 Å². The molecule has 0 aliphatic heterocycles. The Labute approximate surface area is 152 Å². The highest BCUT2D eigenvalue weighted by Crippen LogP contribution is 2.18. The molecule has 0 heterocycles. The zero-order chi connectivity index (χ0) is 17.4. The first kappa shape index (κ1) is 18.7. The number of hydrogen-bond acceptors (Lipinski definition) is 3. The monoisotopic (exact) mass is 363 g/mol. The van der Waals surface area contributed by atoms with Crippen LogP contribution in [0.15, 0.2) is 48.5 Å². The summed E-state index contributed by atoms with van der Waals surface area (Å²) in [5.41, 5.74) is 2.64. The number of ether oxygens (including phenoxy) is 1. The van der Waals surface area contributed by atoms with E-state index in [1.54, 1.807) is 31.2 Å². The second-order valence-electron chi connectivity index (χ2n) is 5.49. The van der Waals surface area contributed by atoms with E-state index in [9.17, 15) is 4.79 Å². The Morgan fingerprint density at radius 3 is 2.79 bits per heavy atom. The molecule has 3 nitrogen and oxygen atoms in total. The van der Waals surface area contributed by atoms with Gasteiger partial charge in [-0.3, -0.25) is 4.79 Å². The molecule has 0 fully saturated rings. The third-order valence-electron chi connectivity index (χ3n) is 3.54. The standard InChI is InChI=1S/C19H22ClNO2S/c1-14-6-3-4-7-16(14)13-24-11-10-21-19(22)15(2)23-18-9-5-8-17(20)12-18/h3-9,12,15H,10-11,13H2,1-2H3,(H,21,22)/t15-/m1/s1. The van der Waals surface area contributed by atoms with Crippen molar-refractivity contribution in [2.75, 3.05) is 12.3 Å². The summed E-state index contributed by atoms with van der Waals surface area (Å²) in [6.07, 6.45) is -0.551. The van der Waals surface area contributed by atoms with Crippen molar-refractivity contribution in [2.45, 2.75) is 25.7 Å². The van der Waals surface area contributed by atoms with Gasteiger partial charge in [-0.1, -0.05) is 41.9 Å². The molecule has 0 unspecified atom stereocenters. The molecule has 24 heavy (non-hydrogen) atoms. The van der Waals surface area contributed by atoms with Crippen molar-refractivity contribution in [3.63, 3.8) is 0 Å². The van der Waals surface area contributed by atoms with E-state index in [4.69, 9.17) is 16.3 Å². The lowest BCUT2D eigenvalue weighted by Crippen LogP contribution is -2.37. The van der Waals surface area contributed by atoms with Gasteiger partial charge in [-0.2, -0.15) is 11.8 Å². The molecule has 128 valence electrons. The number of nitrogens with one attached hydrogen (secondary N) is 1. The van der Waals surface area contributed by atoms with Crippen LogP contribution >= 0.6 is 23.4 Å². The van der Waals surface area contributed by atoms with Crippen LogP contribution in [0.2, 0.25) is 5.02 Å². The molecule has 1 atom stereocenters. The van der Waals surface area contributed by atoms with Gasteiger partial charge in [0.15, 0.2) is 6.10 Å². The molecule has 2 rings (SSSR count). The maximum atomic E-state index is 12.0. The summed E-state index contributed by atoms with van der Waals surface area (Å²) in [5, 5.41) is 3.49. The van der Waals surface area contributed by atoms with Crippen molar-refractivity contribution in [3.8, 4) is 5.75 Å². The number of rotatable bonds is 8. The molecule has 0 saturated heterocycles. The summed E-state index contributed by atoms with van der Waals surface area (Å²) in [6, 6.07) is 15.4. The van der Waals surface area contributed by atoms with E-state index in [0.717, 1.165) is 11.5 Å². The van der Waals surface area contributed by atoms with Crippen LogP contribution in [0.25, 0.3) is 0 Å². The van der Waals surface area contributed by atoms with E-state index in [-0.39, 0.29) is 5.91 Å². The van der Waals surface area contributed by atoms with Gasteiger partial charge in [-0.15, -0.1) is 0 Å². The Hall–Kier alpha value is -1.65. The molecule has 2 aromatic rings. The Morgan fingerprint density at radius 1 is 1.25 bits per heavy atom. The van der Waals surface area contributed by atoms with E-state index in [2.05, 4.69) is 30.4 Å². The van der Waals surface area contributed by atoms with Gasteiger partial charge >= 0.3 is 0 Å². The summed E-state index contributed by atoms with van der Waals surface area (Å²) in [6.45, 7) is 4.47. The smallest absolute Gasteiger partial charge is 0.260 e. The lowest BCUT2D eigenvalue weighted by molar-refractivity contribution is -0.127. The summed E-state index contributed by atoms with van der Waals surface area (Å²) >= 11 is 7.71. The first-order valence-electron chi connectivity index (χ1n) is 7.88. The maximum absolute atomic E-state index is 12.0. The predicted octanol–water partition coefficient (Wildman–Crippen LogP) is 4.47. The van der Waals surface area contributed by atoms with Crippen LogP contribution in [-0.4, -0.2) is 24.3 Å². The van der Waals surface area contributed by atoms with Crippen LogP contribution in [0.1, 0.15) is 18.1 Å². The first-order chi connectivity index (χ1) is 11.6. The van der Waals surface area contributed by atoms with E-state index < -0.39 is 6.10 Å². The number of amides is 1. The summed E-state index contributed by atoms with van der Waals surface area (Å²) in [4.78, 5) is 12.0. The van der Waals surface area contributed by atoms with E-state index >= 15 is 0 Å². The van der Waals surface area contributed by atoms with Gasteiger partial charge in [0, 0.05) is 23.1 Å². The number of carbonyl (C=O) groups is 1. The van der Waals surface area contributed by atoms with Crippen molar-refractivity contribution in [2.24, 2.45) is 0 Å². The fourth-order valence-corrected chi connectivity index (χ4v) is 3.26. The van der Waals surface area contributed by atoms with E-state index in [0.29, 0.717) is 17.3 Å². The topological polar surface area (TPSA) is 38.3 Å². The number of halogens is 1. The van der Waals surface area contributed by atoms with E-state index in [1.807, 2.05) is 17.8 Å². The minimum atomic E-state index is -0.551. The maximum Gasteiger partial charge on any atom is 0.260 e. The molecule has 0 radical (unpaired) electrons. The fraction of sp³-hybridized carbons (Fsp3) is 0.316. The Kier molecular flexibility index (Phi) is 7.47. The largest absolute Gasteiger partial charge is 0.481 e. The normalized spacial score (nSPS) is 11.8. The lowest BCUT2D eigenvalue weighted by Gasteiger charge is -2.15. The molecule has 1 N–H and O–H groups in total. The minimum absolute atomic E-state index is 0.119. The van der Waals surface area contributed by atoms with Gasteiger partial charge in [-0.25, -0.2) is 0 Å². The molecular weight excluding hydrogens is 342 g/mol. The average molecular weight is 364 g/mol. The lowest BCUT2D eigenvalue weighted by atomic mass is 10.1. The highest BCUT2D eigenvalue weighted by Gasteiger charge is 2.14. The molecule has 0 aliphatic rings. The van der Waals surface area contributed by atoms with E-state index in [1.165, 1.54) is 11.1 Å². The Balaban J connectivity index is 1.66. The van der Waals surface area contributed by atoms with Gasteiger partial charge in [0.1, 0.15) is 5.75 Å². The van der Waals surface area contributed by atoms with Crippen LogP contribution in [0, 0.1) is 6.92 Å². The van der Waals surface area contributed by atoms with Crippen molar-refractivity contribution in [3.05, 3.63) is 64.7 Å². The van der Waals surface area contributed by atoms with Gasteiger partial charge in [0.05, 0.1) is 0 Å². The second kappa shape index (κ2) is 9.60. The van der Waals surface area contributed by atoms with Crippen LogP contribution in [0.4, 0.5) is 0 Å². The highest BCUT2D eigenvalue weighted by molar-refractivity contribution is 7.98. The number of benzene rings is 2. The quantitative estimate of drug-likeness (QED) is 0.703. The molecular formula is C19H22ClNO2S.